The maximum Gasteiger partial charge on any atom is 0.261 e. The van der Waals surface area contributed by atoms with Gasteiger partial charge in [-0.3, -0.25) is 14.4 Å². The third-order valence-corrected chi connectivity index (χ3v) is 7.41. The average Bonchev–Trinajstić information content (AvgIpc) is 2.82. The van der Waals surface area contributed by atoms with Crippen molar-refractivity contribution in [2.75, 3.05) is 26.2 Å². The van der Waals surface area contributed by atoms with E-state index in [0.29, 0.717) is 11.4 Å². The molecule has 176 valence electrons. The quantitative estimate of drug-likeness (QED) is 0.661. The van der Waals surface area contributed by atoms with Crippen LogP contribution in [0.15, 0.2) is 53.4 Å². The number of hydrogen-bond donors (Lipinski definition) is 1. The molecule has 8 nitrogen and oxygen atoms in total. The molecule has 33 heavy (non-hydrogen) atoms. The summed E-state index contributed by atoms with van der Waals surface area (Å²) in [6, 6.07) is 9.73. The lowest BCUT2D eigenvalue weighted by atomic mass is 10.2. The summed E-state index contributed by atoms with van der Waals surface area (Å²) < 4.78 is 39.9. The van der Waals surface area contributed by atoms with Gasteiger partial charge < -0.3 is 15.1 Å². The first kappa shape index (κ1) is 24.7. The largest absolute Gasteiger partial charge is 0.339 e. The van der Waals surface area contributed by atoms with Crippen LogP contribution in [0.4, 0.5) is 4.39 Å². The van der Waals surface area contributed by atoms with Gasteiger partial charge in [0.05, 0.1) is 4.90 Å². The predicted molar refractivity (Wildman–Crippen MR) is 120 cm³/mol. The Labute approximate surface area is 196 Å². The Morgan fingerprint density at radius 1 is 0.970 bits per heavy atom. The van der Waals surface area contributed by atoms with E-state index in [1.165, 1.54) is 41.3 Å². The molecule has 0 bridgehead atoms. The number of halogens is 2. The van der Waals surface area contributed by atoms with Crippen LogP contribution in [-0.2, 0) is 19.4 Å². The predicted octanol–water partition coefficient (Wildman–Crippen LogP) is 2.09. The van der Waals surface area contributed by atoms with E-state index in [1.807, 2.05) is 0 Å². The van der Waals surface area contributed by atoms with Crippen LogP contribution >= 0.6 is 11.6 Å². The van der Waals surface area contributed by atoms with Gasteiger partial charge in [0, 0.05) is 43.2 Å². The summed E-state index contributed by atoms with van der Waals surface area (Å²) in [6.07, 6.45) is 0.329. The molecular formula is C22H23ClFN3O5S. The molecule has 0 aliphatic carbocycles. The van der Waals surface area contributed by atoms with Crippen molar-refractivity contribution in [3.05, 3.63) is 64.9 Å². The van der Waals surface area contributed by atoms with Gasteiger partial charge >= 0.3 is 0 Å². The molecule has 1 heterocycles. The smallest absolute Gasteiger partial charge is 0.261 e. The molecule has 0 spiro atoms. The number of rotatable bonds is 6. The molecule has 1 atom stereocenters. The van der Waals surface area contributed by atoms with E-state index < -0.39 is 32.8 Å². The highest BCUT2D eigenvalue weighted by Gasteiger charge is 2.39. The SMILES string of the molecule is CCC(=O)N1CCN(C(=O)[C@@H](NC(=O)c2ccc(F)cc2)S(=O)(=O)c2ccc(Cl)cc2)CC1. The van der Waals surface area contributed by atoms with Crippen molar-refractivity contribution in [1.82, 2.24) is 15.1 Å². The second-order valence-corrected chi connectivity index (χ2v) is 9.89. The van der Waals surface area contributed by atoms with Gasteiger partial charge in [-0.2, -0.15) is 0 Å². The van der Waals surface area contributed by atoms with Crippen molar-refractivity contribution in [1.29, 1.82) is 0 Å². The molecule has 3 rings (SSSR count). The lowest BCUT2D eigenvalue weighted by Gasteiger charge is -2.36. The van der Waals surface area contributed by atoms with Crippen LogP contribution in [0.3, 0.4) is 0 Å². The van der Waals surface area contributed by atoms with Gasteiger partial charge in [-0.1, -0.05) is 18.5 Å². The van der Waals surface area contributed by atoms with Gasteiger partial charge in [0.1, 0.15) is 5.82 Å². The fraction of sp³-hybridized carbons (Fsp3) is 0.318. The zero-order valence-corrected chi connectivity index (χ0v) is 19.4. The Bertz CT molecular complexity index is 1130. The van der Waals surface area contributed by atoms with Crippen LogP contribution in [-0.4, -0.2) is 67.5 Å². The van der Waals surface area contributed by atoms with Crippen LogP contribution in [0.1, 0.15) is 23.7 Å². The van der Waals surface area contributed by atoms with Crippen molar-refractivity contribution in [3.63, 3.8) is 0 Å². The minimum absolute atomic E-state index is 0.00105. The van der Waals surface area contributed by atoms with E-state index in [0.717, 1.165) is 12.1 Å². The summed E-state index contributed by atoms with van der Waals surface area (Å²) >= 11 is 5.85. The summed E-state index contributed by atoms with van der Waals surface area (Å²) in [4.78, 5) is 40.6. The average molecular weight is 496 g/mol. The second-order valence-electron chi connectivity index (χ2n) is 7.42. The topological polar surface area (TPSA) is 104 Å². The number of carbonyl (C=O) groups is 3. The number of sulfone groups is 1. The molecule has 1 N–H and O–H groups in total. The van der Waals surface area contributed by atoms with Crippen molar-refractivity contribution in [3.8, 4) is 0 Å². The van der Waals surface area contributed by atoms with Gasteiger partial charge in [-0.05, 0) is 48.5 Å². The molecule has 1 fully saturated rings. The fourth-order valence-electron chi connectivity index (χ4n) is 3.40. The lowest BCUT2D eigenvalue weighted by Crippen LogP contribution is -2.57. The van der Waals surface area contributed by atoms with Crippen LogP contribution in [0, 0.1) is 5.82 Å². The summed E-state index contributed by atoms with van der Waals surface area (Å²) in [7, 11) is -4.35. The van der Waals surface area contributed by atoms with Gasteiger partial charge in [0.2, 0.25) is 21.1 Å². The van der Waals surface area contributed by atoms with Crippen molar-refractivity contribution >= 4 is 39.2 Å². The lowest BCUT2D eigenvalue weighted by molar-refractivity contribution is -0.139. The Morgan fingerprint density at radius 3 is 2.06 bits per heavy atom. The number of hydrogen-bond acceptors (Lipinski definition) is 5. The summed E-state index contributed by atoms with van der Waals surface area (Å²) in [5.74, 6) is -2.28. The zero-order chi connectivity index (χ0) is 24.2. The van der Waals surface area contributed by atoms with Crippen molar-refractivity contribution in [2.45, 2.75) is 23.6 Å². The summed E-state index contributed by atoms with van der Waals surface area (Å²) in [5, 5.41) is 0.691. The van der Waals surface area contributed by atoms with Crippen LogP contribution in [0.25, 0.3) is 0 Å². The van der Waals surface area contributed by atoms with E-state index >= 15 is 0 Å². The first-order valence-electron chi connectivity index (χ1n) is 10.3. The number of nitrogens with zero attached hydrogens (tertiary/aromatic N) is 2. The molecule has 1 saturated heterocycles. The Balaban J connectivity index is 1.88. The Hall–Kier alpha value is -2.98. The number of piperazine rings is 1. The minimum Gasteiger partial charge on any atom is -0.339 e. The van der Waals surface area contributed by atoms with Crippen LogP contribution in [0.5, 0.6) is 0 Å². The zero-order valence-electron chi connectivity index (χ0n) is 17.8. The van der Waals surface area contributed by atoms with E-state index in [-0.39, 0.29) is 42.5 Å². The van der Waals surface area contributed by atoms with Gasteiger partial charge in [-0.25, -0.2) is 12.8 Å². The Morgan fingerprint density at radius 2 is 1.52 bits per heavy atom. The molecule has 11 heteroatoms. The molecule has 0 aromatic heterocycles. The third kappa shape index (κ3) is 5.69. The molecule has 0 saturated carbocycles. The monoisotopic (exact) mass is 495 g/mol. The first-order valence-corrected chi connectivity index (χ1v) is 12.2. The minimum atomic E-state index is -4.35. The molecule has 0 radical (unpaired) electrons. The van der Waals surface area contributed by atoms with Gasteiger partial charge in [-0.15, -0.1) is 0 Å². The number of amides is 3. The summed E-state index contributed by atoms with van der Waals surface area (Å²) in [6.45, 7) is 2.52. The van der Waals surface area contributed by atoms with Crippen molar-refractivity contribution < 1.29 is 27.2 Å². The highest BCUT2D eigenvalue weighted by atomic mass is 35.5. The molecule has 3 amide bonds. The number of nitrogens with one attached hydrogen (secondary N) is 1. The Kier molecular flexibility index (Phi) is 7.70. The van der Waals surface area contributed by atoms with Crippen LogP contribution < -0.4 is 5.32 Å². The van der Waals surface area contributed by atoms with E-state index in [1.54, 1.807) is 11.8 Å². The standard InChI is InChI=1S/C22H23ClFN3O5S/c1-2-19(28)26-11-13-27(14-12-26)22(30)21(25-20(29)15-3-7-17(24)8-4-15)33(31,32)18-9-5-16(23)6-10-18/h3-10,21H,2,11-14H2,1H3,(H,25,29)/t21-/m0/s1. The molecule has 1 aliphatic heterocycles. The fourth-order valence-corrected chi connectivity index (χ4v) is 4.99. The van der Waals surface area contributed by atoms with Gasteiger partial charge in [0.15, 0.2) is 0 Å². The molecule has 2 aromatic rings. The normalized spacial score (nSPS) is 15.1. The molecule has 0 unspecified atom stereocenters. The highest BCUT2D eigenvalue weighted by Crippen LogP contribution is 2.20. The molecular weight excluding hydrogens is 473 g/mol. The van der Waals surface area contributed by atoms with Gasteiger partial charge in [0.25, 0.3) is 11.8 Å². The molecule has 1 aliphatic rings. The molecule has 2 aromatic carbocycles. The van der Waals surface area contributed by atoms with Crippen LogP contribution in [0.2, 0.25) is 5.02 Å². The number of carbonyl (C=O) groups excluding carboxylic acids is 3. The van der Waals surface area contributed by atoms with E-state index in [9.17, 15) is 27.2 Å². The third-order valence-electron chi connectivity index (χ3n) is 5.29. The maximum atomic E-state index is 13.3. The first-order chi connectivity index (χ1) is 15.6. The van der Waals surface area contributed by atoms with Crippen molar-refractivity contribution in [2.24, 2.45) is 0 Å². The number of benzene rings is 2. The van der Waals surface area contributed by atoms with E-state index in [4.69, 9.17) is 11.6 Å². The maximum absolute atomic E-state index is 13.3. The van der Waals surface area contributed by atoms with E-state index in [2.05, 4.69) is 5.32 Å². The second kappa shape index (κ2) is 10.3. The highest BCUT2D eigenvalue weighted by molar-refractivity contribution is 7.92. The summed E-state index contributed by atoms with van der Waals surface area (Å²) in [5.41, 5.74) is -0.00105.